The highest BCUT2D eigenvalue weighted by Crippen LogP contribution is 2.35. The van der Waals surface area contributed by atoms with Gasteiger partial charge in [0.2, 0.25) is 0 Å². The predicted molar refractivity (Wildman–Crippen MR) is 146 cm³/mol. The van der Waals surface area contributed by atoms with Gasteiger partial charge in [0, 0.05) is 31.0 Å². The van der Waals surface area contributed by atoms with Crippen LogP contribution in [0.1, 0.15) is 50.5 Å². The van der Waals surface area contributed by atoms with E-state index in [4.69, 9.17) is 10.00 Å². The minimum atomic E-state index is 0.475. The quantitative estimate of drug-likeness (QED) is 0.398. The molecule has 2 aromatic carbocycles. The molecule has 0 bridgehead atoms. The van der Waals surface area contributed by atoms with Crippen LogP contribution >= 0.6 is 0 Å². The number of anilines is 2. The lowest BCUT2D eigenvalue weighted by atomic mass is 9.77. The number of benzene rings is 2. The van der Waals surface area contributed by atoms with Crippen molar-refractivity contribution in [2.75, 3.05) is 30.4 Å². The number of nitrogens with zero attached hydrogens (tertiary/aromatic N) is 3. The molecule has 1 aliphatic carbocycles. The molecule has 0 radical (unpaired) electrons. The molecule has 0 spiro atoms. The van der Waals surface area contributed by atoms with Gasteiger partial charge in [-0.1, -0.05) is 25.0 Å². The highest BCUT2D eigenvalue weighted by Gasteiger charge is 2.30. The van der Waals surface area contributed by atoms with Crippen LogP contribution in [-0.4, -0.2) is 31.2 Å². The van der Waals surface area contributed by atoms with Crippen LogP contribution in [0.15, 0.2) is 66.9 Å². The van der Waals surface area contributed by atoms with Crippen LogP contribution in [0.2, 0.25) is 0 Å². The molecule has 2 fully saturated rings. The minimum absolute atomic E-state index is 0.475. The normalized spacial score (nSPS) is 22.0. The van der Waals surface area contributed by atoms with Crippen molar-refractivity contribution in [1.29, 1.82) is 5.26 Å². The number of aromatic nitrogens is 1. The van der Waals surface area contributed by atoms with Gasteiger partial charge in [-0.15, -0.1) is 0 Å². The number of ether oxygens (including phenoxy) is 1. The Kier molecular flexibility index (Phi) is 7.71. The number of rotatable bonds is 7. The standard InChI is InChI=1S/C31H36N4O/c1-36-29-14-10-25(11-15-29)26-16-17-33-31(20-26)34-30-7-3-2-6-27(30)19-24-5-4-18-35(22-24)28-12-8-23(21-32)9-13-28/h8-17,20,24,27,30H,2-7,18-19,22H2,1H3,(H,33,34)/t24-,27+,30-/m1/s1. The lowest BCUT2D eigenvalue weighted by Gasteiger charge is -2.39. The molecule has 3 atom stereocenters. The summed E-state index contributed by atoms with van der Waals surface area (Å²) in [4.78, 5) is 7.19. The smallest absolute Gasteiger partial charge is 0.126 e. The van der Waals surface area contributed by atoms with Gasteiger partial charge in [0.25, 0.3) is 0 Å². The fourth-order valence-corrected chi connectivity index (χ4v) is 6.01. The monoisotopic (exact) mass is 480 g/mol. The molecule has 5 rings (SSSR count). The van der Waals surface area contributed by atoms with Crippen molar-refractivity contribution in [3.63, 3.8) is 0 Å². The Morgan fingerprint density at radius 2 is 1.78 bits per heavy atom. The molecule has 2 aliphatic rings. The highest BCUT2D eigenvalue weighted by molar-refractivity contribution is 5.67. The van der Waals surface area contributed by atoms with E-state index < -0.39 is 0 Å². The van der Waals surface area contributed by atoms with E-state index in [1.54, 1.807) is 7.11 Å². The van der Waals surface area contributed by atoms with Crippen molar-refractivity contribution in [1.82, 2.24) is 4.98 Å². The molecular weight excluding hydrogens is 444 g/mol. The van der Waals surface area contributed by atoms with Gasteiger partial charge in [-0.05, 0) is 104 Å². The molecule has 5 nitrogen and oxygen atoms in total. The molecule has 1 aliphatic heterocycles. The summed E-state index contributed by atoms with van der Waals surface area (Å²) in [6.07, 6.45) is 10.8. The Labute approximate surface area is 215 Å². The molecule has 186 valence electrons. The molecule has 3 aromatic rings. The zero-order chi connectivity index (χ0) is 24.7. The van der Waals surface area contributed by atoms with E-state index >= 15 is 0 Å². The van der Waals surface area contributed by atoms with Crippen LogP contribution < -0.4 is 15.0 Å². The van der Waals surface area contributed by atoms with E-state index in [9.17, 15) is 0 Å². The summed E-state index contributed by atoms with van der Waals surface area (Å²) >= 11 is 0. The molecule has 2 heterocycles. The molecule has 36 heavy (non-hydrogen) atoms. The third kappa shape index (κ3) is 5.82. The summed E-state index contributed by atoms with van der Waals surface area (Å²) in [5.74, 6) is 3.23. The van der Waals surface area contributed by atoms with Gasteiger partial charge in [-0.3, -0.25) is 0 Å². The fourth-order valence-electron chi connectivity index (χ4n) is 6.01. The van der Waals surface area contributed by atoms with Gasteiger partial charge in [0.1, 0.15) is 11.6 Å². The van der Waals surface area contributed by atoms with E-state index in [0.29, 0.717) is 17.9 Å². The van der Waals surface area contributed by atoms with Gasteiger partial charge in [-0.2, -0.15) is 5.26 Å². The number of hydrogen-bond donors (Lipinski definition) is 1. The number of nitrogens with one attached hydrogen (secondary N) is 1. The van der Waals surface area contributed by atoms with Gasteiger partial charge in [-0.25, -0.2) is 4.98 Å². The zero-order valence-corrected chi connectivity index (χ0v) is 21.2. The number of methoxy groups -OCH3 is 1. The van der Waals surface area contributed by atoms with Crippen LogP contribution in [0.25, 0.3) is 11.1 Å². The van der Waals surface area contributed by atoms with Crippen LogP contribution in [0.5, 0.6) is 5.75 Å². The minimum Gasteiger partial charge on any atom is -0.497 e. The highest BCUT2D eigenvalue weighted by atomic mass is 16.5. The lowest BCUT2D eigenvalue weighted by Crippen LogP contribution is -2.39. The van der Waals surface area contributed by atoms with Gasteiger partial charge >= 0.3 is 0 Å². The second kappa shape index (κ2) is 11.5. The Bertz CT molecular complexity index is 1170. The SMILES string of the molecule is COc1ccc(-c2ccnc(N[C@@H]3CCCC[C@H]3C[C@H]3CCCN(c4ccc(C#N)cc4)C3)c2)cc1. The first kappa shape index (κ1) is 24.2. The molecule has 0 amide bonds. The average Bonchev–Trinajstić information content (AvgIpc) is 2.94. The summed E-state index contributed by atoms with van der Waals surface area (Å²) in [6.45, 7) is 2.22. The summed E-state index contributed by atoms with van der Waals surface area (Å²) < 4.78 is 5.31. The second-order valence-electron chi connectivity index (χ2n) is 10.3. The molecule has 5 heteroatoms. The van der Waals surface area contributed by atoms with E-state index in [-0.39, 0.29) is 0 Å². The van der Waals surface area contributed by atoms with Gasteiger partial charge in [0.05, 0.1) is 18.7 Å². The molecule has 0 unspecified atom stereocenters. The third-order valence-corrected chi connectivity index (χ3v) is 7.94. The maximum absolute atomic E-state index is 9.11. The number of nitriles is 1. The fraction of sp³-hybridized carbons (Fsp3) is 0.419. The largest absolute Gasteiger partial charge is 0.497 e. The van der Waals surface area contributed by atoms with E-state index in [2.05, 4.69) is 57.7 Å². The first-order chi connectivity index (χ1) is 17.7. The van der Waals surface area contributed by atoms with E-state index in [1.807, 2.05) is 30.5 Å². The van der Waals surface area contributed by atoms with Gasteiger partial charge < -0.3 is 15.0 Å². The summed E-state index contributed by atoms with van der Waals surface area (Å²) in [6, 6.07) is 23.3. The summed E-state index contributed by atoms with van der Waals surface area (Å²) in [5, 5.41) is 12.9. The maximum atomic E-state index is 9.11. The number of hydrogen-bond acceptors (Lipinski definition) is 5. The Hall–Kier alpha value is -3.52. The predicted octanol–water partition coefficient (Wildman–Crippen LogP) is 6.91. The topological polar surface area (TPSA) is 61.2 Å². The Morgan fingerprint density at radius 3 is 2.56 bits per heavy atom. The van der Waals surface area contributed by atoms with Crippen molar-refractivity contribution in [3.05, 3.63) is 72.4 Å². The number of piperidine rings is 1. The first-order valence-corrected chi connectivity index (χ1v) is 13.3. The molecular formula is C31H36N4O. The van der Waals surface area contributed by atoms with E-state index in [1.165, 1.54) is 61.8 Å². The molecule has 1 saturated carbocycles. The summed E-state index contributed by atoms with van der Waals surface area (Å²) in [7, 11) is 1.70. The van der Waals surface area contributed by atoms with Gasteiger partial charge in [0.15, 0.2) is 0 Å². The molecule has 1 aromatic heterocycles. The zero-order valence-electron chi connectivity index (χ0n) is 21.2. The van der Waals surface area contributed by atoms with Crippen molar-refractivity contribution in [2.45, 2.75) is 51.0 Å². The third-order valence-electron chi connectivity index (χ3n) is 7.94. The van der Waals surface area contributed by atoms with Crippen molar-refractivity contribution >= 4 is 11.5 Å². The van der Waals surface area contributed by atoms with Crippen LogP contribution in [0.4, 0.5) is 11.5 Å². The van der Waals surface area contributed by atoms with Crippen molar-refractivity contribution < 1.29 is 4.74 Å². The summed E-state index contributed by atoms with van der Waals surface area (Å²) in [5.41, 5.74) is 4.32. The Balaban J connectivity index is 1.23. The maximum Gasteiger partial charge on any atom is 0.126 e. The van der Waals surface area contributed by atoms with Crippen LogP contribution in [0, 0.1) is 23.2 Å². The van der Waals surface area contributed by atoms with E-state index in [0.717, 1.165) is 30.2 Å². The first-order valence-electron chi connectivity index (χ1n) is 13.3. The molecule has 1 saturated heterocycles. The Morgan fingerprint density at radius 1 is 0.972 bits per heavy atom. The lowest BCUT2D eigenvalue weighted by molar-refractivity contribution is 0.247. The molecule has 1 N–H and O–H groups in total. The second-order valence-corrected chi connectivity index (χ2v) is 10.3. The van der Waals surface area contributed by atoms with Crippen LogP contribution in [0.3, 0.4) is 0 Å². The van der Waals surface area contributed by atoms with Crippen molar-refractivity contribution in [3.8, 4) is 22.9 Å². The van der Waals surface area contributed by atoms with Crippen LogP contribution in [-0.2, 0) is 0 Å². The number of pyridine rings is 1. The van der Waals surface area contributed by atoms with Crippen molar-refractivity contribution in [2.24, 2.45) is 11.8 Å². The average molecular weight is 481 g/mol.